The number of halogens is 3. The van der Waals surface area contributed by atoms with Gasteiger partial charge in [0.05, 0.1) is 39.1 Å². The maximum atomic E-state index is 17.0. The van der Waals surface area contributed by atoms with Crippen molar-refractivity contribution in [2.45, 2.75) is 49.2 Å². The standard InChI is InChI=1S/C36H35F3N6O3/c1-3-25-28(38)6-5-22-11-24(46)12-26(29(22)25)31-30(39)32-27(15-40-31)33(44-17-23-7-9-35(18-44,43-23)19-47-2)42-34(41-32)48-20-36-8-4-10-45(36)16-21(13-36)14-37/h1,5-6,11-12,14-15,23,43,46H,4,7-10,13,16-20H2,2H3/b21-14+/t23?,35?,36-/m0/s1/i2D3. The number of nitrogens with zero attached hydrogens (tertiary/aromatic N) is 5. The van der Waals surface area contributed by atoms with Crippen LogP contribution in [0.3, 0.4) is 0 Å². The molecule has 6 heterocycles. The third kappa shape index (κ3) is 4.95. The zero-order valence-electron chi connectivity index (χ0n) is 29.0. The van der Waals surface area contributed by atoms with Gasteiger partial charge in [0.25, 0.3) is 0 Å². The smallest absolute Gasteiger partial charge is 0.319 e. The number of rotatable bonds is 7. The van der Waals surface area contributed by atoms with Crippen molar-refractivity contribution in [3.05, 3.63) is 59.6 Å². The Kier molecular flexibility index (Phi) is 6.65. The number of hydrogen-bond donors (Lipinski definition) is 2. The second-order valence-electron chi connectivity index (χ2n) is 13.5. The normalized spacial score (nSPS) is 27.3. The summed E-state index contributed by atoms with van der Waals surface area (Å²) in [6.45, 7) is 2.18. The van der Waals surface area contributed by atoms with Crippen molar-refractivity contribution < 1.29 is 31.9 Å². The molecule has 4 saturated heterocycles. The van der Waals surface area contributed by atoms with E-state index >= 15 is 4.39 Å². The first-order valence-corrected chi connectivity index (χ1v) is 16.0. The Labute approximate surface area is 280 Å². The van der Waals surface area contributed by atoms with Crippen molar-refractivity contribution in [3.63, 3.8) is 0 Å². The largest absolute Gasteiger partial charge is 0.508 e. The molecule has 0 amide bonds. The van der Waals surface area contributed by atoms with Gasteiger partial charge in [-0.05, 0) is 67.8 Å². The Morgan fingerprint density at radius 1 is 1.25 bits per heavy atom. The van der Waals surface area contributed by atoms with Crippen LogP contribution in [0.15, 0.2) is 42.4 Å². The number of terminal acetylenes is 1. The highest BCUT2D eigenvalue weighted by molar-refractivity contribution is 6.03. The number of benzene rings is 2. The minimum Gasteiger partial charge on any atom is -0.508 e. The summed E-state index contributed by atoms with van der Waals surface area (Å²) >= 11 is 0. The van der Waals surface area contributed by atoms with Gasteiger partial charge >= 0.3 is 6.01 Å². The first kappa shape index (κ1) is 27.5. The van der Waals surface area contributed by atoms with E-state index in [9.17, 15) is 13.9 Å². The Bertz CT molecular complexity index is 2150. The number of phenolic OH excluding ortho intramolecular Hbond substituents is 1. The zero-order valence-corrected chi connectivity index (χ0v) is 26.0. The van der Waals surface area contributed by atoms with E-state index in [2.05, 4.69) is 26.1 Å². The topological polar surface area (TPSA) is 95.9 Å². The lowest BCUT2D eigenvalue weighted by Crippen LogP contribution is -2.61. The number of phenols is 1. The molecular weight excluding hydrogens is 621 g/mol. The molecule has 2 N–H and O–H groups in total. The second-order valence-corrected chi connectivity index (χ2v) is 13.5. The molecule has 2 aromatic heterocycles. The van der Waals surface area contributed by atoms with E-state index in [1.807, 2.05) is 4.90 Å². The van der Waals surface area contributed by atoms with Crippen LogP contribution in [0.1, 0.15) is 41.8 Å². The van der Waals surface area contributed by atoms with Gasteiger partial charge in [0, 0.05) is 49.9 Å². The van der Waals surface area contributed by atoms with Gasteiger partial charge in [0.1, 0.15) is 35.2 Å². The van der Waals surface area contributed by atoms with Gasteiger partial charge in [0.15, 0.2) is 5.82 Å². The van der Waals surface area contributed by atoms with E-state index < -0.39 is 29.8 Å². The molecule has 4 aromatic rings. The molecule has 8 rings (SSSR count). The Hall–Kier alpha value is -4.44. The third-order valence-electron chi connectivity index (χ3n) is 10.5. The van der Waals surface area contributed by atoms with Gasteiger partial charge in [-0.15, -0.1) is 6.42 Å². The number of nitrogens with one attached hydrogen (secondary N) is 1. The first-order chi connectivity index (χ1) is 24.4. The number of ether oxygens (including phenoxy) is 2. The number of aromatic hydroxyl groups is 1. The molecule has 0 saturated carbocycles. The summed E-state index contributed by atoms with van der Waals surface area (Å²) < 4.78 is 79.9. The molecule has 4 fully saturated rings. The lowest BCUT2D eigenvalue weighted by Gasteiger charge is -2.41. The maximum Gasteiger partial charge on any atom is 0.319 e. The lowest BCUT2D eigenvalue weighted by atomic mass is 9.94. The molecule has 4 aliphatic heterocycles. The number of fused-ring (bicyclic) bond motifs is 5. The fourth-order valence-corrected chi connectivity index (χ4v) is 8.36. The molecule has 9 nitrogen and oxygen atoms in total. The summed E-state index contributed by atoms with van der Waals surface area (Å²) in [4.78, 5) is 18.0. The van der Waals surface area contributed by atoms with Gasteiger partial charge in [-0.25, -0.2) is 13.2 Å². The summed E-state index contributed by atoms with van der Waals surface area (Å²) in [5, 5.41) is 15.0. The van der Waals surface area contributed by atoms with Gasteiger partial charge < -0.3 is 24.8 Å². The van der Waals surface area contributed by atoms with E-state index in [4.69, 9.17) is 25.0 Å². The minimum atomic E-state index is -2.58. The highest BCUT2D eigenvalue weighted by Crippen LogP contribution is 2.43. The quantitative estimate of drug-likeness (QED) is 0.259. The lowest BCUT2D eigenvalue weighted by molar-refractivity contribution is 0.107. The number of piperazine rings is 1. The molecule has 0 spiro atoms. The summed E-state index contributed by atoms with van der Waals surface area (Å²) in [7, 11) is -2.58. The zero-order chi connectivity index (χ0) is 35.7. The van der Waals surface area contributed by atoms with Crippen molar-refractivity contribution in [2.75, 3.05) is 51.3 Å². The predicted molar refractivity (Wildman–Crippen MR) is 176 cm³/mol. The molecule has 2 unspecified atom stereocenters. The first-order valence-electron chi connectivity index (χ1n) is 17.5. The highest BCUT2D eigenvalue weighted by atomic mass is 19.1. The molecule has 0 aliphatic carbocycles. The van der Waals surface area contributed by atoms with Gasteiger partial charge in [-0.1, -0.05) is 12.0 Å². The van der Waals surface area contributed by atoms with E-state index in [0.29, 0.717) is 55.6 Å². The van der Waals surface area contributed by atoms with E-state index in [-0.39, 0.29) is 64.1 Å². The van der Waals surface area contributed by atoms with Crippen molar-refractivity contribution >= 4 is 27.5 Å². The van der Waals surface area contributed by atoms with E-state index in [1.165, 1.54) is 30.5 Å². The molecule has 48 heavy (non-hydrogen) atoms. The van der Waals surface area contributed by atoms with Crippen LogP contribution in [0.25, 0.3) is 32.9 Å². The van der Waals surface area contributed by atoms with Gasteiger partial charge in [-0.3, -0.25) is 9.88 Å². The second kappa shape index (κ2) is 11.6. The maximum absolute atomic E-state index is 17.0. The van der Waals surface area contributed by atoms with E-state index in [1.54, 1.807) is 0 Å². The average Bonchev–Trinajstić information content (AvgIpc) is 3.75. The molecule has 3 atom stereocenters. The average molecular weight is 660 g/mol. The molecule has 248 valence electrons. The van der Waals surface area contributed by atoms with Crippen molar-refractivity contribution in [3.8, 4) is 35.4 Å². The monoisotopic (exact) mass is 659 g/mol. The van der Waals surface area contributed by atoms with Crippen LogP contribution in [0.4, 0.5) is 19.0 Å². The summed E-state index contributed by atoms with van der Waals surface area (Å²) in [5.74, 6) is 0.957. The summed E-state index contributed by atoms with van der Waals surface area (Å²) in [6.07, 6.45) is 11.4. The molecule has 2 bridgehead atoms. The van der Waals surface area contributed by atoms with Crippen LogP contribution in [-0.2, 0) is 4.74 Å². The fourth-order valence-electron chi connectivity index (χ4n) is 8.36. The molecule has 0 radical (unpaired) electrons. The molecule has 4 aliphatic rings. The van der Waals surface area contributed by atoms with Crippen LogP contribution in [0.5, 0.6) is 11.8 Å². The van der Waals surface area contributed by atoms with Crippen LogP contribution < -0.4 is 15.0 Å². The van der Waals surface area contributed by atoms with Crippen LogP contribution in [-0.4, -0.2) is 88.5 Å². The fraction of sp³-hybridized carbons (Fsp3) is 0.417. The van der Waals surface area contributed by atoms with Gasteiger partial charge in [-0.2, -0.15) is 9.97 Å². The van der Waals surface area contributed by atoms with Crippen LogP contribution in [0.2, 0.25) is 0 Å². The number of pyridine rings is 1. The Morgan fingerprint density at radius 2 is 2.15 bits per heavy atom. The van der Waals surface area contributed by atoms with E-state index in [0.717, 1.165) is 25.8 Å². The summed E-state index contributed by atoms with van der Waals surface area (Å²) in [6, 6.07) is 5.21. The van der Waals surface area contributed by atoms with Crippen LogP contribution in [0, 0.1) is 24.0 Å². The van der Waals surface area contributed by atoms with Crippen LogP contribution >= 0.6 is 0 Å². The highest BCUT2D eigenvalue weighted by Gasteiger charge is 2.48. The molecule has 12 heteroatoms. The molecular formula is C36H35F3N6O3. The van der Waals surface area contributed by atoms with Crippen molar-refractivity contribution in [1.82, 2.24) is 25.2 Å². The number of anilines is 1. The van der Waals surface area contributed by atoms with Crippen molar-refractivity contribution in [2.24, 2.45) is 0 Å². The Balaban J connectivity index is 1.25. The van der Waals surface area contributed by atoms with Crippen molar-refractivity contribution in [1.29, 1.82) is 0 Å². The Morgan fingerprint density at radius 3 is 2.98 bits per heavy atom. The predicted octanol–water partition coefficient (Wildman–Crippen LogP) is 5.24. The number of hydrogen-bond acceptors (Lipinski definition) is 9. The SMILES string of the molecule is [2H]C([2H])([2H])OCC12CCC(CN(c3nc(OC[C@@]45CCCN4C/C(=C/F)C5)nc4c(F)c(-c5cc(O)cc6ccc(F)c(C#C)c56)ncc34)C1)N2. The number of aromatic nitrogens is 3. The molecule has 2 aromatic carbocycles. The summed E-state index contributed by atoms with van der Waals surface area (Å²) in [5.41, 5.74) is -0.807. The number of methoxy groups -OCH3 is 1. The van der Waals surface area contributed by atoms with Gasteiger partial charge in [0.2, 0.25) is 0 Å². The third-order valence-corrected chi connectivity index (χ3v) is 10.5. The minimum absolute atomic E-state index is 0.0171.